The maximum absolute atomic E-state index is 12.3. The first-order valence-corrected chi connectivity index (χ1v) is 12.4. The van der Waals surface area contributed by atoms with Crippen molar-refractivity contribution in [2.75, 3.05) is 36.4 Å². The largest absolute Gasteiger partial charge is 0.457 e. The van der Waals surface area contributed by atoms with Crippen LogP contribution < -0.4 is 15.5 Å². The Morgan fingerprint density at radius 1 is 1.00 bits per heavy atom. The number of anilines is 2. The van der Waals surface area contributed by atoms with E-state index in [1.165, 1.54) is 6.08 Å². The van der Waals surface area contributed by atoms with E-state index in [1.807, 2.05) is 35.2 Å². The highest BCUT2D eigenvalue weighted by atomic mass is 35.5. The monoisotopic (exact) mass is 542 g/mol. The summed E-state index contributed by atoms with van der Waals surface area (Å²) in [6, 6.07) is 16.4. The molecule has 2 heterocycles. The van der Waals surface area contributed by atoms with Crippen molar-refractivity contribution in [3.05, 3.63) is 76.5 Å². The standard InChI is InChI=1S/C26H24Cl2N4O3S/c1-17(33)31-12-14-32(15-13-31)23-9-6-20(16-22(23)28)29-26(36)30-25(34)11-8-21-7-10-24(35-21)18-2-4-19(27)5-3-18/h2-11,16H,12-15H2,1H3,(H2,29,30,34,36)/b11-8+. The number of halogens is 2. The number of piperazine rings is 1. The van der Waals surface area contributed by atoms with E-state index in [9.17, 15) is 9.59 Å². The number of carbonyl (C=O) groups excluding carboxylic acids is 2. The number of hydrogen-bond acceptors (Lipinski definition) is 5. The predicted molar refractivity (Wildman–Crippen MR) is 148 cm³/mol. The van der Waals surface area contributed by atoms with Gasteiger partial charge in [0.2, 0.25) is 11.8 Å². The third kappa shape index (κ3) is 6.66. The van der Waals surface area contributed by atoms with Gasteiger partial charge in [-0.1, -0.05) is 23.2 Å². The van der Waals surface area contributed by atoms with Crippen LogP contribution in [-0.4, -0.2) is 48.0 Å². The van der Waals surface area contributed by atoms with E-state index in [2.05, 4.69) is 15.5 Å². The van der Waals surface area contributed by atoms with E-state index in [1.54, 1.807) is 37.3 Å². The molecule has 36 heavy (non-hydrogen) atoms. The lowest BCUT2D eigenvalue weighted by atomic mass is 10.2. The first-order valence-electron chi connectivity index (χ1n) is 11.2. The second kappa shape index (κ2) is 11.6. The van der Waals surface area contributed by atoms with E-state index in [4.69, 9.17) is 39.8 Å². The molecule has 186 valence electrons. The molecule has 0 spiro atoms. The van der Waals surface area contributed by atoms with Gasteiger partial charge in [-0.05, 0) is 72.9 Å². The third-order valence-corrected chi connectivity index (χ3v) is 6.42. The van der Waals surface area contributed by atoms with Gasteiger partial charge >= 0.3 is 0 Å². The fraction of sp³-hybridized carbons (Fsp3) is 0.192. The summed E-state index contributed by atoms with van der Waals surface area (Å²) in [5, 5.41) is 6.92. The SMILES string of the molecule is CC(=O)N1CCN(c2ccc(NC(=S)NC(=O)/C=C/c3ccc(-c4ccc(Cl)cc4)o3)cc2Cl)CC1. The molecule has 4 rings (SSSR count). The molecule has 7 nitrogen and oxygen atoms in total. The van der Waals surface area contributed by atoms with Crippen molar-refractivity contribution < 1.29 is 14.0 Å². The Morgan fingerprint density at radius 2 is 1.72 bits per heavy atom. The van der Waals surface area contributed by atoms with Crippen molar-refractivity contribution in [2.24, 2.45) is 0 Å². The molecule has 10 heteroatoms. The molecule has 3 aromatic rings. The average Bonchev–Trinajstić information content (AvgIpc) is 3.32. The van der Waals surface area contributed by atoms with Crippen molar-refractivity contribution in [1.82, 2.24) is 10.2 Å². The minimum Gasteiger partial charge on any atom is -0.457 e. The summed E-state index contributed by atoms with van der Waals surface area (Å²) < 4.78 is 5.76. The number of carbonyl (C=O) groups is 2. The second-order valence-corrected chi connectivity index (χ2v) is 9.40. The van der Waals surface area contributed by atoms with E-state index in [0.29, 0.717) is 53.4 Å². The second-order valence-electron chi connectivity index (χ2n) is 8.14. The van der Waals surface area contributed by atoms with Crippen LogP contribution in [0.25, 0.3) is 17.4 Å². The van der Waals surface area contributed by atoms with Gasteiger partial charge in [-0.15, -0.1) is 0 Å². The molecule has 0 radical (unpaired) electrons. The maximum Gasteiger partial charge on any atom is 0.250 e. The minimum absolute atomic E-state index is 0.0811. The Morgan fingerprint density at radius 3 is 2.39 bits per heavy atom. The van der Waals surface area contributed by atoms with Gasteiger partial charge in [0.05, 0.1) is 10.7 Å². The van der Waals surface area contributed by atoms with Crippen LogP contribution >= 0.6 is 35.4 Å². The molecule has 1 aliphatic heterocycles. The number of benzene rings is 2. The van der Waals surface area contributed by atoms with Crippen LogP contribution in [0.5, 0.6) is 0 Å². The lowest BCUT2D eigenvalue weighted by Crippen LogP contribution is -2.48. The topological polar surface area (TPSA) is 77.8 Å². The van der Waals surface area contributed by atoms with Gasteiger partial charge in [0.25, 0.3) is 0 Å². The predicted octanol–water partition coefficient (Wildman–Crippen LogP) is 5.45. The van der Waals surface area contributed by atoms with E-state index >= 15 is 0 Å². The minimum atomic E-state index is -0.400. The lowest BCUT2D eigenvalue weighted by Gasteiger charge is -2.36. The third-order valence-electron chi connectivity index (χ3n) is 5.66. The molecule has 2 aromatic carbocycles. The first-order chi connectivity index (χ1) is 17.3. The zero-order valence-corrected chi connectivity index (χ0v) is 21.8. The lowest BCUT2D eigenvalue weighted by molar-refractivity contribution is -0.129. The summed E-state index contributed by atoms with van der Waals surface area (Å²) >= 11 is 17.7. The van der Waals surface area contributed by atoms with Gasteiger partial charge in [0.15, 0.2) is 5.11 Å². The van der Waals surface area contributed by atoms with Gasteiger partial charge in [-0.25, -0.2) is 0 Å². The van der Waals surface area contributed by atoms with Crippen molar-refractivity contribution in [2.45, 2.75) is 6.92 Å². The van der Waals surface area contributed by atoms with E-state index in [-0.39, 0.29) is 11.0 Å². The average molecular weight is 543 g/mol. The molecular formula is C26H24Cl2N4O3S. The highest BCUT2D eigenvalue weighted by Crippen LogP contribution is 2.30. The number of furan rings is 1. The molecule has 1 aliphatic rings. The van der Waals surface area contributed by atoms with Crippen LogP contribution in [0.1, 0.15) is 12.7 Å². The van der Waals surface area contributed by atoms with Gasteiger partial charge in [0, 0.05) is 55.5 Å². The number of rotatable bonds is 5. The smallest absolute Gasteiger partial charge is 0.250 e. The summed E-state index contributed by atoms with van der Waals surface area (Å²) in [4.78, 5) is 27.8. The fourth-order valence-electron chi connectivity index (χ4n) is 3.79. The zero-order valence-electron chi connectivity index (χ0n) is 19.5. The Labute approximate surface area is 224 Å². The Hall–Kier alpha value is -3.33. The van der Waals surface area contributed by atoms with E-state index < -0.39 is 5.91 Å². The van der Waals surface area contributed by atoms with Crippen molar-refractivity contribution in [3.8, 4) is 11.3 Å². The highest BCUT2D eigenvalue weighted by Gasteiger charge is 2.20. The van der Waals surface area contributed by atoms with Gasteiger partial charge in [-0.2, -0.15) is 0 Å². The molecule has 0 unspecified atom stereocenters. The van der Waals surface area contributed by atoms with Crippen molar-refractivity contribution >= 4 is 69.8 Å². The molecule has 0 bridgehead atoms. The molecular weight excluding hydrogens is 519 g/mol. The molecule has 0 saturated carbocycles. The Bertz CT molecular complexity index is 1300. The number of nitrogens with one attached hydrogen (secondary N) is 2. The number of thiocarbonyl (C=S) groups is 1. The quantitative estimate of drug-likeness (QED) is 0.329. The van der Waals surface area contributed by atoms with Crippen molar-refractivity contribution in [3.63, 3.8) is 0 Å². The van der Waals surface area contributed by atoms with Crippen LogP contribution in [-0.2, 0) is 9.59 Å². The fourth-order valence-corrected chi connectivity index (χ4v) is 4.43. The summed E-state index contributed by atoms with van der Waals surface area (Å²) in [6.45, 7) is 4.33. The summed E-state index contributed by atoms with van der Waals surface area (Å²) in [7, 11) is 0. The number of hydrogen-bond donors (Lipinski definition) is 2. The number of amides is 2. The molecule has 0 aliphatic carbocycles. The Balaban J connectivity index is 1.29. The summed E-state index contributed by atoms with van der Waals surface area (Å²) in [6.07, 6.45) is 2.91. The van der Waals surface area contributed by atoms with Crippen molar-refractivity contribution in [1.29, 1.82) is 0 Å². The van der Waals surface area contributed by atoms with Crippen LogP contribution in [0, 0.1) is 0 Å². The summed E-state index contributed by atoms with van der Waals surface area (Å²) in [5.74, 6) is 0.881. The molecule has 1 fully saturated rings. The van der Waals surface area contributed by atoms with Crippen LogP contribution in [0.4, 0.5) is 11.4 Å². The van der Waals surface area contributed by atoms with Crippen LogP contribution in [0.3, 0.4) is 0 Å². The van der Waals surface area contributed by atoms with E-state index in [0.717, 1.165) is 11.3 Å². The highest BCUT2D eigenvalue weighted by molar-refractivity contribution is 7.80. The van der Waals surface area contributed by atoms with Gasteiger partial charge < -0.3 is 19.5 Å². The Kier molecular flexibility index (Phi) is 8.30. The molecule has 2 N–H and O–H groups in total. The van der Waals surface area contributed by atoms with Crippen LogP contribution in [0.15, 0.2) is 65.1 Å². The van der Waals surface area contributed by atoms with Gasteiger partial charge in [0.1, 0.15) is 11.5 Å². The summed E-state index contributed by atoms with van der Waals surface area (Å²) in [5.41, 5.74) is 2.43. The zero-order chi connectivity index (χ0) is 25.7. The first kappa shape index (κ1) is 25.8. The molecule has 2 amide bonds. The maximum atomic E-state index is 12.3. The van der Waals surface area contributed by atoms with Crippen LogP contribution in [0.2, 0.25) is 10.0 Å². The molecule has 1 saturated heterocycles. The number of nitrogens with zero attached hydrogens (tertiary/aromatic N) is 2. The molecule has 0 atom stereocenters. The molecule has 1 aromatic heterocycles. The van der Waals surface area contributed by atoms with Gasteiger partial charge in [-0.3, -0.25) is 14.9 Å². The normalized spacial score (nSPS) is 13.6.